The molecule has 0 bridgehead atoms. The SMILES string of the molecule is O=C(O)CC(O)(CC(=O)O)[C@H]1CCCSC1. The third-order valence-electron chi connectivity index (χ3n) is 2.83. The second kappa shape index (κ2) is 5.54. The van der Waals surface area contributed by atoms with Crippen molar-refractivity contribution >= 4 is 23.7 Å². The van der Waals surface area contributed by atoms with Gasteiger partial charge in [0.2, 0.25) is 0 Å². The van der Waals surface area contributed by atoms with Crippen molar-refractivity contribution in [3.05, 3.63) is 0 Å². The maximum atomic E-state index is 10.7. The van der Waals surface area contributed by atoms with E-state index in [2.05, 4.69) is 0 Å². The number of hydrogen-bond donors (Lipinski definition) is 3. The van der Waals surface area contributed by atoms with E-state index < -0.39 is 30.4 Å². The standard InChI is InChI=1S/C10H16O5S/c11-8(12)4-10(15,5-9(13)14)7-2-1-3-16-6-7/h7,15H,1-6H2,(H,11,12)(H,13,14)/t7-/m0/s1. The first-order chi connectivity index (χ1) is 7.44. The number of carbonyl (C=O) groups is 2. The lowest BCUT2D eigenvalue weighted by atomic mass is 9.80. The zero-order valence-corrected chi connectivity index (χ0v) is 9.70. The number of rotatable bonds is 5. The summed E-state index contributed by atoms with van der Waals surface area (Å²) in [6.07, 6.45) is 0.607. The molecule has 1 fully saturated rings. The molecule has 1 atom stereocenters. The highest BCUT2D eigenvalue weighted by Crippen LogP contribution is 2.35. The van der Waals surface area contributed by atoms with Crippen molar-refractivity contribution in [3.8, 4) is 0 Å². The van der Waals surface area contributed by atoms with E-state index in [-0.39, 0.29) is 5.92 Å². The number of aliphatic hydroxyl groups is 1. The van der Waals surface area contributed by atoms with Crippen LogP contribution in [-0.4, -0.2) is 44.4 Å². The van der Waals surface area contributed by atoms with Crippen molar-refractivity contribution in [1.29, 1.82) is 0 Å². The smallest absolute Gasteiger partial charge is 0.306 e. The monoisotopic (exact) mass is 248 g/mol. The van der Waals surface area contributed by atoms with Crippen LogP contribution in [0.2, 0.25) is 0 Å². The van der Waals surface area contributed by atoms with Crippen LogP contribution in [0.25, 0.3) is 0 Å². The van der Waals surface area contributed by atoms with Gasteiger partial charge in [-0.3, -0.25) is 9.59 Å². The van der Waals surface area contributed by atoms with Crippen LogP contribution < -0.4 is 0 Å². The van der Waals surface area contributed by atoms with Gasteiger partial charge in [-0.2, -0.15) is 11.8 Å². The van der Waals surface area contributed by atoms with E-state index >= 15 is 0 Å². The normalized spacial score (nSPS) is 21.7. The van der Waals surface area contributed by atoms with Crippen LogP contribution in [0.5, 0.6) is 0 Å². The van der Waals surface area contributed by atoms with Gasteiger partial charge in [0, 0.05) is 0 Å². The largest absolute Gasteiger partial charge is 0.481 e. The fourth-order valence-corrected chi connectivity index (χ4v) is 3.34. The first kappa shape index (κ1) is 13.3. The molecule has 0 aromatic rings. The molecule has 5 nitrogen and oxygen atoms in total. The molecule has 0 unspecified atom stereocenters. The molecule has 6 heteroatoms. The third-order valence-corrected chi connectivity index (χ3v) is 4.05. The summed E-state index contributed by atoms with van der Waals surface area (Å²) < 4.78 is 0. The lowest BCUT2D eigenvalue weighted by Crippen LogP contribution is -2.44. The van der Waals surface area contributed by atoms with Crippen molar-refractivity contribution in [2.45, 2.75) is 31.3 Å². The van der Waals surface area contributed by atoms with Gasteiger partial charge in [0.05, 0.1) is 18.4 Å². The Morgan fingerprint density at radius 2 is 1.81 bits per heavy atom. The van der Waals surface area contributed by atoms with E-state index in [1.165, 1.54) is 0 Å². The van der Waals surface area contributed by atoms with E-state index in [4.69, 9.17) is 10.2 Å². The number of thioether (sulfide) groups is 1. The number of carboxylic acid groups (broad SMARTS) is 2. The Morgan fingerprint density at radius 3 is 2.19 bits per heavy atom. The highest BCUT2D eigenvalue weighted by atomic mass is 32.2. The summed E-state index contributed by atoms with van der Waals surface area (Å²) in [7, 11) is 0. The van der Waals surface area contributed by atoms with Crippen LogP contribution >= 0.6 is 11.8 Å². The lowest BCUT2D eigenvalue weighted by Gasteiger charge is -2.36. The van der Waals surface area contributed by atoms with Gasteiger partial charge in [-0.05, 0) is 30.3 Å². The van der Waals surface area contributed by atoms with Crippen molar-refractivity contribution in [1.82, 2.24) is 0 Å². The third kappa shape index (κ3) is 3.68. The molecule has 1 saturated heterocycles. The summed E-state index contributed by atoms with van der Waals surface area (Å²) in [6.45, 7) is 0. The van der Waals surface area contributed by atoms with Crippen LogP contribution in [0.3, 0.4) is 0 Å². The summed E-state index contributed by atoms with van der Waals surface area (Å²) in [5.41, 5.74) is -1.61. The van der Waals surface area contributed by atoms with E-state index in [1.807, 2.05) is 0 Å². The summed E-state index contributed by atoms with van der Waals surface area (Å²) in [5, 5.41) is 27.7. The van der Waals surface area contributed by atoms with Gasteiger partial charge in [0.1, 0.15) is 0 Å². The molecule has 16 heavy (non-hydrogen) atoms. The first-order valence-corrected chi connectivity index (χ1v) is 6.33. The van der Waals surface area contributed by atoms with Crippen LogP contribution in [-0.2, 0) is 9.59 Å². The molecule has 0 aromatic carbocycles. The highest BCUT2D eigenvalue weighted by Gasteiger charge is 2.41. The van der Waals surface area contributed by atoms with E-state index in [1.54, 1.807) is 11.8 Å². The number of carboxylic acids is 2. The zero-order valence-electron chi connectivity index (χ0n) is 8.89. The minimum absolute atomic E-state index is 0.238. The van der Waals surface area contributed by atoms with Crippen molar-refractivity contribution in [3.63, 3.8) is 0 Å². The molecule has 0 spiro atoms. The summed E-state index contributed by atoms with van der Waals surface area (Å²) in [5.74, 6) is -0.916. The maximum absolute atomic E-state index is 10.7. The molecule has 3 N–H and O–H groups in total. The predicted molar refractivity (Wildman–Crippen MR) is 59.5 cm³/mol. The highest BCUT2D eigenvalue weighted by molar-refractivity contribution is 7.99. The lowest BCUT2D eigenvalue weighted by molar-refractivity contribution is -0.152. The Morgan fingerprint density at radius 1 is 1.25 bits per heavy atom. The number of aliphatic carboxylic acids is 2. The molecular formula is C10H16O5S. The molecule has 0 saturated carbocycles. The number of hydrogen-bond acceptors (Lipinski definition) is 4. The Bertz CT molecular complexity index is 256. The fraction of sp³-hybridized carbons (Fsp3) is 0.800. The van der Waals surface area contributed by atoms with Crippen LogP contribution in [0.4, 0.5) is 0 Å². The Balaban J connectivity index is 2.74. The van der Waals surface area contributed by atoms with E-state index in [9.17, 15) is 14.7 Å². The van der Waals surface area contributed by atoms with Gasteiger partial charge in [-0.15, -0.1) is 0 Å². The molecule has 0 amide bonds. The van der Waals surface area contributed by atoms with Crippen LogP contribution in [0.15, 0.2) is 0 Å². The van der Waals surface area contributed by atoms with Crippen LogP contribution in [0, 0.1) is 5.92 Å². The van der Waals surface area contributed by atoms with Crippen LogP contribution in [0.1, 0.15) is 25.7 Å². The molecule has 0 radical (unpaired) electrons. The van der Waals surface area contributed by atoms with Crippen molar-refractivity contribution < 1.29 is 24.9 Å². The van der Waals surface area contributed by atoms with Gasteiger partial charge in [-0.1, -0.05) is 0 Å². The molecule has 1 aliphatic heterocycles. The Kier molecular flexibility index (Phi) is 4.61. The van der Waals surface area contributed by atoms with Gasteiger partial charge >= 0.3 is 11.9 Å². The second-order valence-electron chi connectivity index (χ2n) is 4.16. The average Bonchev–Trinajstić information content (AvgIpc) is 2.16. The molecular weight excluding hydrogens is 232 g/mol. The molecule has 1 aliphatic rings. The van der Waals surface area contributed by atoms with E-state index in [0.29, 0.717) is 12.2 Å². The first-order valence-electron chi connectivity index (χ1n) is 5.18. The minimum Gasteiger partial charge on any atom is -0.481 e. The maximum Gasteiger partial charge on any atom is 0.306 e. The molecule has 1 heterocycles. The van der Waals surface area contributed by atoms with Gasteiger partial charge in [0.25, 0.3) is 0 Å². The summed E-state index contributed by atoms with van der Waals surface area (Å²) >= 11 is 1.64. The quantitative estimate of drug-likeness (QED) is 0.666. The van der Waals surface area contributed by atoms with Gasteiger partial charge in [-0.25, -0.2) is 0 Å². The summed E-state index contributed by atoms with van der Waals surface area (Å²) in [6, 6.07) is 0. The molecule has 1 rings (SSSR count). The minimum atomic E-state index is -1.61. The summed E-state index contributed by atoms with van der Waals surface area (Å²) in [4.78, 5) is 21.4. The zero-order chi connectivity index (χ0) is 12.2. The molecule has 92 valence electrons. The molecule has 0 aliphatic carbocycles. The molecule has 0 aromatic heterocycles. The van der Waals surface area contributed by atoms with Gasteiger partial charge in [0.15, 0.2) is 0 Å². The van der Waals surface area contributed by atoms with E-state index in [0.717, 1.165) is 12.2 Å². The van der Waals surface area contributed by atoms with Crippen molar-refractivity contribution in [2.75, 3.05) is 11.5 Å². The second-order valence-corrected chi connectivity index (χ2v) is 5.31. The Labute approximate surface area is 97.8 Å². The Hall–Kier alpha value is -0.750. The van der Waals surface area contributed by atoms with Crippen molar-refractivity contribution in [2.24, 2.45) is 5.92 Å². The fourth-order valence-electron chi connectivity index (χ4n) is 2.04. The van der Waals surface area contributed by atoms with Gasteiger partial charge < -0.3 is 15.3 Å². The topological polar surface area (TPSA) is 94.8 Å². The average molecular weight is 248 g/mol. The predicted octanol–water partition coefficient (Wildman–Crippen LogP) is 0.810.